The molecule has 0 unspecified atom stereocenters. The number of nitrogens with zero attached hydrogens (tertiary/aromatic N) is 5. The lowest BCUT2D eigenvalue weighted by molar-refractivity contribution is 0.191. The van der Waals surface area contributed by atoms with Crippen molar-refractivity contribution >= 4 is 5.82 Å². The number of aromatic nitrogens is 3. The van der Waals surface area contributed by atoms with Gasteiger partial charge in [-0.3, -0.25) is 4.90 Å². The molecule has 2 aromatic heterocycles. The van der Waals surface area contributed by atoms with E-state index in [0.29, 0.717) is 12.0 Å². The number of rotatable bonds is 5. The lowest BCUT2D eigenvalue weighted by Crippen LogP contribution is -2.58. The topological polar surface area (TPSA) is 58.3 Å². The molecular weight excluding hydrogens is 314 g/mol. The Bertz CT molecular complexity index is 723. The lowest BCUT2D eigenvalue weighted by Gasteiger charge is -2.44. The van der Waals surface area contributed by atoms with Crippen molar-refractivity contribution in [2.24, 2.45) is 0 Å². The van der Waals surface area contributed by atoms with Crippen LogP contribution in [0.15, 0.2) is 22.7 Å². The Morgan fingerprint density at radius 3 is 2.56 bits per heavy atom. The Morgan fingerprint density at radius 2 is 1.96 bits per heavy atom. The second-order valence-corrected chi connectivity index (χ2v) is 8.50. The Labute approximate surface area is 149 Å². The number of likely N-dealkylation sites (N-methyl/N-ethyl adjacent to an activating group) is 1. The van der Waals surface area contributed by atoms with Crippen LogP contribution in [0, 0.1) is 0 Å². The SMILES string of the molecule is CN(Cc1cc(C2CC2)on1)C1CN(c2ccc(C(C)(C)C)nn2)C1. The summed E-state index contributed by atoms with van der Waals surface area (Å²) in [6.07, 6.45) is 2.49. The molecule has 1 saturated heterocycles. The molecule has 2 fully saturated rings. The van der Waals surface area contributed by atoms with E-state index in [0.717, 1.165) is 42.6 Å². The highest BCUT2D eigenvalue weighted by Gasteiger charge is 2.32. The molecule has 6 heteroatoms. The molecule has 0 spiro atoms. The van der Waals surface area contributed by atoms with E-state index in [-0.39, 0.29) is 5.41 Å². The van der Waals surface area contributed by atoms with Gasteiger partial charge in [-0.15, -0.1) is 5.10 Å². The van der Waals surface area contributed by atoms with Gasteiger partial charge in [0.05, 0.1) is 11.4 Å². The first kappa shape index (κ1) is 16.5. The van der Waals surface area contributed by atoms with E-state index in [4.69, 9.17) is 4.52 Å². The molecule has 1 saturated carbocycles. The van der Waals surface area contributed by atoms with Crippen molar-refractivity contribution in [3.8, 4) is 0 Å². The molecule has 0 bridgehead atoms. The minimum atomic E-state index is 0.0418. The highest BCUT2D eigenvalue weighted by atomic mass is 16.5. The second kappa shape index (κ2) is 6.09. The number of anilines is 1. The molecule has 0 aromatic carbocycles. The summed E-state index contributed by atoms with van der Waals surface area (Å²) in [5.41, 5.74) is 2.11. The third-order valence-corrected chi connectivity index (χ3v) is 5.20. The van der Waals surface area contributed by atoms with Crippen LogP contribution in [0.4, 0.5) is 5.82 Å². The van der Waals surface area contributed by atoms with Crippen molar-refractivity contribution in [2.45, 2.75) is 57.5 Å². The van der Waals surface area contributed by atoms with Gasteiger partial charge in [0, 0.05) is 43.1 Å². The normalized spacial score (nSPS) is 18.7. The van der Waals surface area contributed by atoms with Crippen LogP contribution in [0.5, 0.6) is 0 Å². The molecule has 3 heterocycles. The monoisotopic (exact) mass is 341 g/mol. The largest absolute Gasteiger partial charge is 0.361 e. The van der Waals surface area contributed by atoms with Crippen molar-refractivity contribution in [3.05, 3.63) is 35.3 Å². The van der Waals surface area contributed by atoms with E-state index in [1.807, 2.05) is 0 Å². The Kier molecular flexibility index (Phi) is 4.02. The molecule has 0 radical (unpaired) electrons. The van der Waals surface area contributed by atoms with E-state index in [1.54, 1.807) is 0 Å². The molecule has 6 nitrogen and oxygen atoms in total. The lowest BCUT2D eigenvalue weighted by atomic mass is 9.92. The maximum absolute atomic E-state index is 5.44. The highest BCUT2D eigenvalue weighted by molar-refractivity contribution is 5.42. The predicted molar refractivity (Wildman–Crippen MR) is 96.7 cm³/mol. The summed E-state index contributed by atoms with van der Waals surface area (Å²) in [5, 5.41) is 13.0. The zero-order valence-electron chi connectivity index (χ0n) is 15.6. The van der Waals surface area contributed by atoms with Crippen LogP contribution in [0.3, 0.4) is 0 Å². The second-order valence-electron chi connectivity index (χ2n) is 8.50. The Morgan fingerprint density at radius 1 is 1.20 bits per heavy atom. The molecule has 1 aliphatic carbocycles. The summed E-state index contributed by atoms with van der Waals surface area (Å²) in [6, 6.07) is 6.82. The standard InChI is InChI=1S/C19H27N5O/c1-19(2,3)17-7-8-18(21-20-17)24-11-15(12-24)23(4)10-14-9-16(25-22-14)13-5-6-13/h7-9,13,15H,5-6,10-12H2,1-4H3. The fourth-order valence-electron chi connectivity index (χ4n) is 3.16. The van der Waals surface area contributed by atoms with Gasteiger partial charge in [-0.2, -0.15) is 5.10 Å². The first-order valence-electron chi connectivity index (χ1n) is 9.15. The first-order chi connectivity index (χ1) is 11.9. The third kappa shape index (κ3) is 3.54. The van der Waals surface area contributed by atoms with E-state index in [1.165, 1.54) is 12.8 Å². The van der Waals surface area contributed by atoms with Crippen molar-refractivity contribution in [1.29, 1.82) is 0 Å². The summed E-state index contributed by atoms with van der Waals surface area (Å²) in [6.45, 7) is 9.27. The fraction of sp³-hybridized carbons (Fsp3) is 0.632. The molecule has 0 atom stereocenters. The molecule has 134 valence electrons. The van der Waals surface area contributed by atoms with E-state index < -0.39 is 0 Å². The molecule has 0 N–H and O–H groups in total. The quantitative estimate of drug-likeness (QED) is 0.833. The van der Waals surface area contributed by atoms with Gasteiger partial charge in [-0.05, 0) is 32.0 Å². The van der Waals surface area contributed by atoms with Crippen LogP contribution < -0.4 is 4.90 Å². The van der Waals surface area contributed by atoms with Gasteiger partial charge >= 0.3 is 0 Å². The van der Waals surface area contributed by atoms with Gasteiger partial charge < -0.3 is 9.42 Å². The van der Waals surface area contributed by atoms with Crippen molar-refractivity contribution in [2.75, 3.05) is 25.0 Å². The first-order valence-corrected chi connectivity index (χ1v) is 9.15. The molecular formula is C19H27N5O. The van der Waals surface area contributed by atoms with Gasteiger partial charge in [-0.25, -0.2) is 0 Å². The van der Waals surface area contributed by atoms with Gasteiger partial charge in [0.2, 0.25) is 0 Å². The summed E-state index contributed by atoms with van der Waals surface area (Å²) < 4.78 is 5.44. The molecule has 0 amide bonds. The van der Waals surface area contributed by atoms with Crippen LogP contribution in [-0.2, 0) is 12.0 Å². The molecule has 2 aliphatic rings. The zero-order chi connectivity index (χ0) is 17.6. The van der Waals surface area contributed by atoms with Crippen LogP contribution in [-0.4, -0.2) is 46.4 Å². The minimum absolute atomic E-state index is 0.0418. The summed E-state index contributed by atoms with van der Waals surface area (Å²) in [5.74, 6) is 2.66. The molecule has 2 aromatic rings. The molecule has 25 heavy (non-hydrogen) atoms. The Hall–Kier alpha value is -1.95. The van der Waals surface area contributed by atoms with Crippen molar-refractivity contribution in [3.63, 3.8) is 0 Å². The van der Waals surface area contributed by atoms with Gasteiger partial charge in [0.25, 0.3) is 0 Å². The average molecular weight is 341 g/mol. The summed E-state index contributed by atoms with van der Waals surface area (Å²) >= 11 is 0. The van der Waals surface area contributed by atoms with Gasteiger partial charge in [-0.1, -0.05) is 25.9 Å². The minimum Gasteiger partial charge on any atom is -0.361 e. The predicted octanol–water partition coefficient (Wildman–Crippen LogP) is 2.96. The van der Waals surface area contributed by atoms with Gasteiger partial charge in [0.15, 0.2) is 5.82 Å². The van der Waals surface area contributed by atoms with Crippen LogP contribution in [0.2, 0.25) is 0 Å². The zero-order valence-corrected chi connectivity index (χ0v) is 15.6. The van der Waals surface area contributed by atoms with E-state index >= 15 is 0 Å². The van der Waals surface area contributed by atoms with E-state index in [9.17, 15) is 0 Å². The van der Waals surface area contributed by atoms with Crippen LogP contribution in [0.25, 0.3) is 0 Å². The Balaban J connectivity index is 1.30. The average Bonchev–Trinajstić information content (AvgIpc) is 3.26. The number of hydrogen-bond donors (Lipinski definition) is 0. The maximum atomic E-state index is 5.44. The molecule has 1 aliphatic heterocycles. The summed E-state index contributed by atoms with van der Waals surface area (Å²) in [7, 11) is 2.15. The smallest absolute Gasteiger partial charge is 0.151 e. The fourth-order valence-corrected chi connectivity index (χ4v) is 3.16. The number of hydrogen-bond acceptors (Lipinski definition) is 6. The summed E-state index contributed by atoms with van der Waals surface area (Å²) in [4.78, 5) is 4.63. The maximum Gasteiger partial charge on any atom is 0.151 e. The van der Waals surface area contributed by atoms with Gasteiger partial charge in [0.1, 0.15) is 5.76 Å². The van der Waals surface area contributed by atoms with E-state index in [2.05, 4.69) is 71.2 Å². The van der Waals surface area contributed by atoms with Crippen LogP contribution >= 0.6 is 0 Å². The van der Waals surface area contributed by atoms with Crippen LogP contribution in [0.1, 0.15) is 56.7 Å². The van der Waals surface area contributed by atoms with Crippen molar-refractivity contribution in [1.82, 2.24) is 20.3 Å². The molecule has 4 rings (SSSR count). The highest BCUT2D eigenvalue weighted by Crippen LogP contribution is 2.40. The van der Waals surface area contributed by atoms with Crippen molar-refractivity contribution < 1.29 is 4.52 Å². The third-order valence-electron chi connectivity index (χ3n) is 5.20.